The molecule has 0 aliphatic heterocycles. The zero-order valence-electron chi connectivity index (χ0n) is 26.5. The van der Waals surface area contributed by atoms with E-state index in [0.29, 0.717) is 5.92 Å². The van der Waals surface area contributed by atoms with Crippen LogP contribution in [0.3, 0.4) is 0 Å². The molecule has 0 unspecified atom stereocenters. The van der Waals surface area contributed by atoms with Crippen molar-refractivity contribution in [2.75, 3.05) is 4.90 Å². The molecule has 2 fully saturated rings. The minimum absolute atomic E-state index is 0.0411. The quantitative estimate of drug-likeness (QED) is 0.201. The van der Waals surface area contributed by atoms with Crippen LogP contribution in [0.5, 0.6) is 0 Å². The van der Waals surface area contributed by atoms with Crippen LogP contribution in [0.1, 0.15) is 112 Å². The van der Waals surface area contributed by atoms with Crippen molar-refractivity contribution >= 4 is 27.8 Å². The summed E-state index contributed by atoms with van der Waals surface area (Å²) in [5.74, 6) is 1.43. The number of hydrogen-bond donors (Lipinski definition) is 0. The predicted molar refractivity (Wildman–Crippen MR) is 188 cm³/mol. The first kappa shape index (κ1) is 27.7. The summed E-state index contributed by atoms with van der Waals surface area (Å²) >= 11 is 0. The highest BCUT2D eigenvalue weighted by Gasteiger charge is 2.37. The molecule has 0 atom stereocenters. The van der Waals surface area contributed by atoms with Gasteiger partial charge in [-0.25, -0.2) is 0 Å². The van der Waals surface area contributed by atoms with Gasteiger partial charge in [0, 0.05) is 22.2 Å². The second-order valence-corrected chi connectivity index (χ2v) is 14.3. The molecular weight excluding hydrogens is 530 g/mol. The first-order chi connectivity index (χ1) is 21.6. The molecule has 0 bridgehead atoms. The summed E-state index contributed by atoms with van der Waals surface area (Å²) in [5.41, 5.74) is 12.5. The number of nitrogens with zero attached hydrogens (tertiary/aromatic N) is 1. The second-order valence-electron chi connectivity index (χ2n) is 14.3. The highest BCUT2D eigenvalue weighted by molar-refractivity contribution is 5.99. The molecule has 8 rings (SSSR count). The Balaban J connectivity index is 1.23. The Bertz CT molecular complexity index is 1790. The minimum Gasteiger partial charge on any atom is -0.310 e. The summed E-state index contributed by atoms with van der Waals surface area (Å²) < 4.78 is 0. The molecule has 0 radical (unpaired) electrons. The van der Waals surface area contributed by atoms with E-state index in [4.69, 9.17) is 0 Å². The summed E-state index contributed by atoms with van der Waals surface area (Å²) in [6, 6.07) is 39.8. The SMILES string of the molecule is CC1(C)c2cc(C3CCCCC3)ccc2-c2ccc(N(c3ccc(C4CCCCC4)cc3)c3cccc4ccccc34)cc21. The molecule has 44 heavy (non-hydrogen) atoms. The van der Waals surface area contributed by atoms with Crippen molar-refractivity contribution in [2.24, 2.45) is 0 Å². The lowest BCUT2D eigenvalue weighted by Gasteiger charge is -2.30. The smallest absolute Gasteiger partial charge is 0.0540 e. The standard InChI is InChI=1S/C43H45N/c1-43(2)40-28-34(31-14-7-4-8-15-31)22-26-38(40)39-27-25-36(29-41(39)43)44(42-19-11-17-33-16-9-10-18-37(33)42)35-23-20-32(21-24-35)30-12-5-3-6-13-30/h9-11,16-31H,3-8,12-15H2,1-2H3. The van der Waals surface area contributed by atoms with E-state index >= 15 is 0 Å². The van der Waals surface area contributed by atoms with Gasteiger partial charge in [-0.15, -0.1) is 0 Å². The first-order valence-corrected chi connectivity index (χ1v) is 17.2. The van der Waals surface area contributed by atoms with Gasteiger partial charge >= 0.3 is 0 Å². The van der Waals surface area contributed by atoms with Crippen molar-refractivity contribution in [2.45, 2.75) is 95.3 Å². The third-order valence-corrected chi connectivity index (χ3v) is 11.3. The van der Waals surface area contributed by atoms with E-state index in [1.54, 1.807) is 5.56 Å². The van der Waals surface area contributed by atoms with Crippen LogP contribution >= 0.6 is 0 Å². The van der Waals surface area contributed by atoms with Gasteiger partial charge in [0.15, 0.2) is 0 Å². The number of rotatable bonds is 5. The molecule has 0 N–H and O–H groups in total. The third kappa shape index (κ3) is 4.76. The van der Waals surface area contributed by atoms with Gasteiger partial charge in [0.2, 0.25) is 0 Å². The van der Waals surface area contributed by atoms with Crippen molar-refractivity contribution in [3.63, 3.8) is 0 Å². The monoisotopic (exact) mass is 575 g/mol. The van der Waals surface area contributed by atoms with E-state index < -0.39 is 0 Å². The van der Waals surface area contributed by atoms with Crippen molar-refractivity contribution in [1.29, 1.82) is 0 Å². The fraction of sp³-hybridized carbons (Fsp3) is 0.349. The molecule has 2 saturated carbocycles. The number of benzene rings is 5. The zero-order valence-corrected chi connectivity index (χ0v) is 26.5. The minimum atomic E-state index is -0.0411. The van der Waals surface area contributed by atoms with Gasteiger partial charge < -0.3 is 4.90 Å². The van der Waals surface area contributed by atoms with E-state index in [1.807, 2.05) is 0 Å². The van der Waals surface area contributed by atoms with Crippen molar-refractivity contribution in [3.8, 4) is 11.1 Å². The van der Waals surface area contributed by atoms with Gasteiger partial charge in [-0.1, -0.05) is 125 Å². The van der Waals surface area contributed by atoms with E-state index in [0.717, 1.165) is 5.92 Å². The summed E-state index contributed by atoms with van der Waals surface area (Å²) in [6.07, 6.45) is 13.6. The second kappa shape index (κ2) is 11.3. The molecule has 5 aromatic rings. The maximum absolute atomic E-state index is 2.57. The van der Waals surface area contributed by atoms with Gasteiger partial charge in [-0.05, 0) is 107 Å². The topological polar surface area (TPSA) is 3.24 Å². The average molecular weight is 576 g/mol. The van der Waals surface area contributed by atoms with Crippen molar-refractivity contribution in [3.05, 3.63) is 125 Å². The summed E-state index contributed by atoms with van der Waals surface area (Å²) in [6.45, 7) is 4.88. The Hall–Kier alpha value is -3.84. The molecule has 3 aliphatic carbocycles. The largest absolute Gasteiger partial charge is 0.310 e. The van der Waals surface area contributed by atoms with Crippen LogP contribution in [0.2, 0.25) is 0 Å². The molecule has 3 aliphatic rings. The van der Waals surface area contributed by atoms with Gasteiger partial charge in [0.25, 0.3) is 0 Å². The molecule has 0 amide bonds. The van der Waals surface area contributed by atoms with Gasteiger partial charge in [0.05, 0.1) is 5.69 Å². The molecule has 222 valence electrons. The maximum atomic E-state index is 2.57. The first-order valence-electron chi connectivity index (χ1n) is 17.2. The zero-order chi connectivity index (χ0) is 29.7. The Kier molecular flexibility index (Phi) is 7.09. The van der Waals surface area contributed by atoms with Crippen LogP contribution in [0.25, 0.3) is 21.9 Å². The maximum Gasteiger partial charge on any atom is 0.0540 e. The Morgan fingerprint density at radius 1 is 0.523 bits per heavy atom. The highest BCUT2D eigenvalue weighted by Crippen LogP contribution is 2.52. The van der Waals surface area contributed by atoms with E-state index in [2.05, 4.69) is 122 Å². The average Bonchev–Trinajstić information content (AvgIpc) is 3.31. The number of anilines is 3. The Morgan fingerprint density at radius 3 is 1.82 bits per heavy atom. The van der Waals surface area contributed by atoms with Crippen LogP contribution < -0.4 is 4.90 Å². The molecule has 0 heterocycles. The molecular formula is C43H45N. The molecule has 0 saturated heterocycles. The molecule has 1 nitrogen and oxygen atoms in total. The van der Waals surface area contributed by atoms with Crippen molar-refractivity contribution < 1.29 is 0 Å². The lowest BCUT2D eigenvalue weighted by molar-refractivity contribution is 0.443. The molecule has 5 aromatic carbocycles. The van der Waals surface area contributed by atoms with Crippen LogP contribution in [-0.2, 0) is 5.41 Å². The van der Waals surface area contributed by atoms with E-state index in [9.17, 15) is 0 Å². The fourth-order valence-corrected chi connectivity index (χ4v) is 8.73. The van der Waals surface area contributed by atoms with E-state index in [1.165, 1.54) is 120 Å². The number of hydrogen-bond acceptors (Lipinski definition) is 1. The van der Waals surface area contributed by atoms with Crippen LogP contribution in [0, 0.1) is 0 Å². The normalized spacial score (nSPS) is 18.2. The Labute approximate surface area is 264 Å². The Morgan fingerprint density at radius 2 is 1.09 bits per heavy atom. The highest BCUT2D eigenvalue weighted by atomic mass is 15.1. The van der Waals surface area contributed by atoms with Crippen LogP contribution in [-0.4, -0.2) is 0 Å². The van der Waals surface area contributed by atoms with E-state index in [-0.39, 0.29) is 5.41 Å². The third-order valence-electron chi connectivity index (χ3n) is 11.3. The summed E-state index contributed by atoms with van der Waals surface area (Å²) in [5, 5.41) is 2.56. The predicted octanol–water partition coefficient (Wildman–Crippen LogP) is 12.7. The fourth-order valence-electron chi connectivity index (χ4n) is 8.73. The van der Waals surface area contributed by atoms with Gasteiger partial charge in [-0.2, -0.15) is 0 Å². The summed E-state index contributed by atoms with van der Waals surface area (Å²) in [4.78, 5) is 2.50. The summed E-state index contributed by atoms with van der Waals surface area (Å²) in [7, 11) is 0. The molecule has 1 heteroatoms. The molecule has 0 aromatic heterocycles. The lowest BCUT2D eigenvalue weighted by atomic mass is 9.79. The number of fused-ring (bicyclic) bond motifs is 4. The lowest BCUT2D eigenvalue weighted by Crippen LogP contribution is -2.17. The van der Waals surface area contributed by atoms with Crippen LogP contribution in [0.15, 0.2) is 103 Å². The molecule has 0 spiro atoms. The van der Waals surface area contributed by atoms with Crippen molar-refractivity contribution in [1.82, 2.24) is 0 Å². The van der Waals surface area contributed by atoms with Crippen LogP contribution in [0.4, 0.5) is 17.1 Å². The van der Waals surface area contributed by atoms with Gasteiger partial charge in [0.1, 0.15) is 0 Å². The van der Waals surface area contributed by atoms with Gasteiger partial charge in [-0.3, -0.25) is 0 Å².